The van der Waals surface area contributed by atoms with Crippen molar-refractivity contribution in [1.82, 2.24) is 0 Å². The maximum atomic E-state index is 13.0. The van der Waals surface area contributed by atoms with Crippen molar-refractivity contribution >= 4 is 5.97 Å². The minimum absolute atomic E-state index is 0.290. The second-order valence-corrected chi connectivity index (χ2v) is 5.50. The van der Waals surface area contributed by atoms with Crippen LogP contribution in [0.1, 0.15) is 37.8 Å². The standard InChI is InChI=1S/C19H23NO2/c1-3-14-19(18(21)22-15(2)20,16-10-6-4-7-11-16)17-12-8-5-9-13-17/h4-13,15H,3,14,20H2,1-2H3. The van der Waals surface area contributed by atoms with Crippen LogP contribution >= 0.6 is 0 Å². The van der Waals surface area contributed by atoms with E-state index in [-0.39, 0.29) is 5.97 Å². The van der Waals surface area contributed by atoms with Crippen molar-refractivity contribution in [1.29, 1.82) is 0 Å². The van der Waals surface area contributed by atoms with Gasteiger partial charge in [-0.15, -0.1) is 0 Å². The Morgan fingerprint density at radius 2 is 1.50 bits per heavy atom. The average molecular weight is 297 g/mol. The van der Waals surface area contributed by atoms with Crippen LogP contribution in [-0.2, 0) is 14.9 Å². The molecular formula is C19H23NO2. The summed E-state index contributed by atoms with van der Waals surface area (Å²) in [4.78, 5) is 13.0. The first-order valence-electron chi connectivity index (χ1n) is 7.69. The monoisotopic (exact) mass is 297 g/mol. The highest BCUT2D eigenvalue weighted by molar-refractivity contribution is 5.87. The lowest BCUT2D eigenvalue weighted by molar-refractivity contribution is -0.153. The van der Waals surface area contributed by atoms with Crippen LogP contribution in [0.3, 0.4) is 0 Å². The van der Waals surface area contributed by atoms with Crippen molar-refractivity contribution in [2.24, 2.45) is 5.73 Å². The van der Waals surface area contributed by atoms with Crippen molar-refractivity contribution < 1.29 is 9.53 Å². The third-order valence-electron chi connectivity index (χ3n) is 3.80. The number of hydrogen-bond acceptors (Lipinski definition) is 3. The van der Waals surface area contributed by atoms with Crippen LogP contribution in [0.15, 0.2) is 60.7 Å². The molecule has 0 saturated carbocycles. The van der Waals surface area contributed by atoms with Gasteiger partial charge in [0.1, 0.15) is 11.6 Å². The predicted molar refractivity (Wildman–Crippen MR) is 88.3 cm³/mol. The maximum Gasteiger partial charge on any atom is 0.322 e. The fraction of sp³-hybridized carbons (Fsp3) is 0.316. The molecule has 0 amide bonds. The van der Waals surface area contributed by atoms with E-state index in [1.165, 1.54) is 0 Å². The van der Waals surface area contributed by atoms with Crippen LogP contribution < -0.4 is 5.73 Å². The highest BCUT2D eigenvalue weighted by atomic mass is 16.6. The maximum absolute atomic E-state index is 13.0. The van der Waals surface area contributed by atoms with E-state index in [0.717, 1.165) is 17.5 Å². The number of esters is 1. The zero-order valence-corrected chi connectivity index (χ0v) is 13.2. The third-order valence-corrected chi connectivity index (χ3v) is 3.80. The molecule has 0 bridgehead atoms. The number of rotatable bonds is 6. The Morgan fingerprint density at radius 1 is 1.05 bits per heavy atom. The molecule has 0 saturated heterocycles. The quantitative estimate of drug-likeness (QED) is 0.654. The smallest absolute Gasteiger partial charge is 0.322 e. The van der Waals surface area contributed by atoms with Gasteiger partial charge in [-0.3, -0.25) is 10.5 Å². The zero-order valence-electron chi connectivity index (χ0n) is 13.2. The molecule has 2 rings (SSSR count). The zero-order chi connectivity index (χ0) is 16.0. The summed E-state index contributed by atoms with van der Waals surface area (Å²) < 4.78 is 5.42. The molecular weight excluding hydrogens is 274 g/mol. The highest BCUT2D eigenvalue weighted by Gasteiger charge is 2.43. The van der Waals surface area contributed by atoms with E-state index in [1.807, 2.05) is 60.7 Å². The summed E-state index contributed by atoms with van der Waals surface area (Å²) in [6, 6.07) is 19.6. The van der Waals surface area contributed by atoms with Gasteiger partial charge in [0.15, 0.2) is 0 Å². The molecule has 116 valence electrons. The largest absolute Gasteiger partial charge is 0.446 e. The van der Waals surface area contributed by atoms with Crippen molar-refractivity contribution in [3.63, 3.8) is 0 Å². The number of carbonyl (C=O) groups is 1. The molecule has 2 N–H and O–H groups in total. The van der Waals surface area contributed by atoms with Gasteiger partial charge in [-0.2, -0.15) is 0 Å². The second-order valence-electron chi connectivity index (χ2n) is 5.50. The summed E-state index contributed by atoms with van der Waals surface area (Å²) in [5, 5.41) is 0. The minimum atomic E-state index is -0.815. The van der Waals surface area contributed by atoms with Crippen LogP contribution in [0.4, 0.5) is 0 Å². The van der Waals surface area contributed by atoms with Crippen molar-refractivity contribution in [3.05, 3.63) is 71.8 Å². The summed E-state index contributed by atoms with van der Waals surface area (Å²) in [7, 11) is 0. The summed E-state index contributed by atoms with van der Waals surface area (Å²) in [6.07, 6.45) is 0.904. The van der Waals surface area contributed by atoms with E-state index >= 15 is 0 Å². The molecule has 0 heterocycles. The van der Waals surface area contributed by atoms with Gasteiger partial charge in [0.25, 0.3) is 0 Å². The number of hydrogen-bond donors (Lipinski definition) is 1. The molecule has 0 radical (unpaired) electrons. The van der Waals surface area contributed by atoms with E-state index in [4.69, 9.17) is 10.5 Å². The van der Waals surface area contributed by atoms with Gasteiger partial charge >= 0.3 is 5.97 Å². The van der Waals surface area contributed by atoms with Crippen LogP contribution in [0.5, 0.6) is 0 Å². The Bertz CT molecular complexity index is 554. The molecule has 1 unspecified atom stereocenters. The van der Waals surface area contributed by atoms with Crippen LogP contribution in [0.25, 0.3) is 0 Å². The van der Waals surface area contributed by atoms with Gasteiger partial charge in [0.05, 0.1) is 0 Å². The Morgan fingerprint density at radius 3 is 1.86 bits per heavy atom. The first-order valence-corrected chi connectivity index (χ1v) is 7.69. The van der Waals surface area contributed by atoms with E-state index in [1.54, 1.807) is 6.92 Å². The molecule has 2 aromatic carbocycles. The van der Waals surface area contributed by atoms with E-state index in [2.05, 4.69) is 6.92 Å². The summed E-state index contributed by atoms with van der Waals surface area (Å²) >= 11 is 0. The molecule has 0 fully saturated rings. The fourth-order valence-corrected chi connectivity index (χ4v) is 2.88. The Balaban J connectivity index is 2.62. The number of benzene rings is 2. The van der Waals surface area contributed by atoms with Crippen molar-refractivity contribution in [2.75, 3.05) is 0 Å². The van der Waals surface area contributed by atoms with Gasteiger partial charge in [-0.05, 0) is 24.5 Å². The van der Waals surface area contributed by atoms with E-state index in [0.29, 0.717) is 6.42 Å². The predicted octanol–water partition coefficient (Wildman–Crippen LogP) is 3.62. The highest BCUT2D eigenvalue weighted by Crippen LogP contribution is 2.38. The number of ether oxygens (including phenoxy) is 1. The molecule has 2 aromatic rings. The lowest BCUT2D eigenvalue weighted by Crippen LogP contribution is -2.41. The van der Waals surface area contributed by atoms with E-state index in [9.17, 15) is 4.79 Å². The van der Waals surface area contributed by atoms with Crippen LogP contribution in [0, 0.1) is 0 Å². The van der Waals surface area contributed by atoms with Gasteiger partial charge in [0, 0.05) is 0 Å². The molecule has 22 heavy (non-hydrogen) atoms. The molecule has 0 aliphatic heterocycles. The van der Waals surface area contributed by atoms with Gasteiger partial charge in [-0.25, -0.2) is 0 Å². The summed E-state index contributed by atoms with van der Waals surface area (Å²) in [5.74, 6) is -0.290. The lowest BCUT2D eigenvalue weighted by Gasteiger charge is -2.33. The first-order chi connectivity index (χ1) is 10.6. The summed E-state index contributed by atoms with van der Waals surface area (Å²) in [6.45, 7) is 3.74. The van der Waals surface area contributed by atoms with E-state index < -0.39 is 11.6 Å². The lowest BCUT2D eigenvalue weighted by atomic mass is 9.71. The molecule has 0 aliphatic rings. The molecule has 3 heteroatoms. The van der Waals surface area contributed by atoms with Crippen molar-refractivity contribution in [3.8, 4) is 0 Å². The second kappa shape index (κ2) is 7.23. The van der Waals surface area contributed by atoms with Gasteiger partial charge in [-0.1, -0.05) is 74.0 Å². The third kappa shape index (κ3) is 3.20. The molecule has 1 atom stereocenters. The average Bonchev–Trinajstić information content (AvgIpc) is 2.53. The molecule has 3 nitrogen and oxygen atoms in total. The van der Waals surface area contributed by atoms with Gasteiger partial charge < -0.3 is 4.74 Å². The summed E-state index contributed by atoms with van der Waals surface area (Å²) in [5.41, 5.74) is 6.76. The number of nitrogens with two attached hydrogens (primary N) is 1. The topological polar surface area (TPSA) is 52.3 Å². The Kier molecular flexibility index (Phi) is 5.34. The fourth-order valence-electron chi connectivity index (χ4n) is 2.88. The first kappa shape index (κ1) is 16.2. The number of carbonyl (C=O) groups excluding carboxylic acids is 1. The Hall–Kier alpha value is -2.13. The van der Waals surface area contributed by atoms with Crippen LogP contribution in [0.2, 0.25) is 0 Å². The SMILES string of the molecule is CCCC(C(=O)OC(C)N)(c1ccccc1)c1ccccc1. The van der Waals surface area contributed by atoms with Gasteiger partial charge in [0.2, 0.25) is 0 Å². The molecule has 0 spiro atoms. The minimum Gasteiger partial charge on any atom is -0.446 e. The van der Waals surface area contributed by atoms with Crippen molar-refractivity contribution in [2.45, 2.75) is 38.3 Å². The van der Waals surface area contributed by atoms with Crippen LogP contribution in [-0.4, -0.2) is 12.2 Å². The molecule has 0 aromatic heterocycles. The molecule has 0 aliphatic carbocycles. The Labute approximate surface area is 132 Å². The normalized spacial score (nSPS) is 12.7.